The van der Waals surface area contributed by atoms with Crippen LogP contribution in [0.2, 0.25) is 0 Å². The summed E-state index contributed by atoms with van der Waals surface area (Å²) in [5.41, 5.74) is 0.167. The van der Waals surface area contributed by atoms with Gasteiger partial charge in [-0.1, -0.05) is 6.92 Å². The molecule has 17 heavy (non-hydrogen) atoms. The average Bonchev–Trinajstić information content (AvgIpc) is 2.33. The molecule has 0 saturated carbocycles. The molecule has 0 radical (unpaired) electrons. The molecule has 1 heterocycles. The third kappa shape index (κ3) is 6.00. The summed E-state index contributed by atoms with van der Waals surface area (Å²) in [6.07, 6.45) is 2.00. The van der Waals surface area contributed by atoms with Crippen molar-refractivity contribution in [3.63, 3.8) is 0 Å². The third-order valence-electron chi connectivity index (χ3n) is 3.08. The van der Waals surface area contributed by atoms with Crippen LogP contribution in [-0.4, -0.2) is 52.6 Å². The summed E-state index contributed by atoms with van der Waals surface area (Å²) in [6.45, 7) is 5.53. The van der Waals surface area contributed by atoms with E-state index in [9.17, 15) is 4.79 Å². The Bertz CT molecular complexity index is 227. The van der Waals surface area contributed by atoms with Gasteiger partial charge in [0.1, 0.15) is 6.61 Å². The molecule has 0 unspecified atom stereocenters. The summed E-state index contributed by atoms with van der Waals surface area (Å²) < 4.78 is 15.3. The lowest BCUT2D eigenvalue weighted by atomic mass is 9.82. The van der Waals surface area contributed by atoms with E-state index >= 15 is 0 Å². The van der Waals surface area contributed by atoms with E-state index in [4.69, 9.17) is 14.2 Å². The van der Waals surface area contributed by atoms with Crippen LogP contribution < -0.4 is 5.32 Å². The number of amides is 1. The lowest BCUT2D eigenvalue weighted by Gasteiger charge is -2.33. The Morgan fingerprint density at radius 1 is 1.35 bits per heavy atom. The lowest BCUT2D eigenvalue weighted by molar-refractivity contribution is -0.127. The quantitative estimate of drug-likeness (QED) is 0.667. The summed E-state index contributed by atoms with van der Waals surface area (Å²) in [6, 6.07) is 0. The number of methoxy groups -OCH3 is 1. The molecule has 0 aliphatic carbocycles. The summed E-state index contributed by atoms with van der Waals surface area (Å²) in [5, 5.41) is 2.91. The van der Waals surface area contributed by atoms with Gasteiger partial charge >= 0.3 is 0 Å². The molecule has 0 aromatic rings. The van der Waals surface area contributed by atoms with Crippen LogP contribution >= 0.6 is 0 Å². The second kappa shape index (κ2) is 7.63. The Hall–Kier alpha value is -0.650. The van der Waals surface area contributed by atoms with Gasteiger partial charge in [-0.05, 0) is 18.3 Å². The molecule has 1 amide bonds. The maximum atomic E-state index is 11.5. The minimum atomic E-state index is -0.0613. The van der Waals surface area contributed by atoms with Crippen molar-refractivity contribution in [2.24, 2.45) is 5.41 Å². The van der Waals surface area contributed by atoms with Crippen molar-refractivity contribution in [1.29, 1.82) is 0 Å². The van der Waals surface area contributed by atoms with Gasteiger partial charge < -0.3 is 19.5 Å². The predicted octanol–water partition coefficient (Wildman–Crippen LogP) is 0.582. The molecule has 0 bridgehead atoms. The van der Waals surface area contributed by atoms with Gasteiger partial charge in [-0.2, -0.15) is 0 Å². The molecule has 100 valence electrons. The maximum Gasteiger partial charge on any atom is 0.246 e. The van der Waals surface area contributed by atoms with E-state index in [0.717, 1.165) is 26.1 Å². The number of rotatable bonds is 7. The van der Waals surface area contributed by atoms with Crippen molar-refractivity contribution in [3.8, 4) is 0 Å². The van der Waals surface area contributed by atoms with E-state index in [2.05, 4.69) is 12.2 Å². The molecule has 0 spiro atoms. The number of ether oxygens (including phenoxy) is 3. The van der Waals surface area contributed by atoms with Crippen molar-refractivity contribution in [2.75, 3.05) is 46.7 Å². The predicted molar refractivity (Wildman–Crippen MR) is 63.9 cm³/mol. The van der Waals surface area contributed by atoms with Crippen LogP contribution in [0.3, 0.4) is 0 Å². The zero-order chi connectivity index (χ0) is 12.6. The second-order valence-electron chi connectivity index (χ2n) is 4.75. The number of hydrogen-bond acceptors (Lipinski definition) is 4. The van der Waals surface area contributed by atoms with E-state index in [0.29, 0.717) is 19.8 Å². The first-order valence-corrected chi connectivity index (χ1v) is 6.07. The normalized spacial score (nSPS) is 18.9. The minimum absolute atomic E-state index is 0.0613. The standard InChI is InChI=1S/C12H23NO4/c1-12(3-5-16-6-4-12)10-13-11(14)9-17-8-7-15-2/h3-10H2,1-2H3,(H,13,14). The van der Waals surface area contributed by atoms with E-state index in [-0.39, 0.29) is 17.9 Å². The molecule has 1 saturated heterocycles. The van der Waals surface area contributed by atoms with Crippen LogP contribution in [0.4, 0.5) is 0 Å². The highest BCUT2D eigenvalue weighted by Crippen LogP contribution is 2.28. The molecule has 1 aliphatic rings. The molecular weight excluding hydrogens is 222 g/mol. The van der Waals surface area contributed by atoms with Crippen molar-refractivity contribution >= 4 is 5.91 Å². The SMILES string of the molecule is COCCOCC(=O)NCC1(C)CCOCC1. The summed E-state index contributed by atoms with van der Waals surface area (Å²) in [4.78, 5) is 11.5. The molecule has 1 N–H and O–H groups in total. The highest BCUT2D eigenvalue weighted by molar-refractivity contribution is 5.77. The topological polar surface area (TPSA) is 56.8 Å². The van der Waals surface area contributed by atoms with Crippen LogP contribution in [0.25, 0.3) is 0 Å². The molecule has 1 aliphatic heterocycles. The van der Waals surface area contributed by atoms with Crippen molar-refractivity contribution < 1.29 is 19.0 Å². The number of carbonyl (C=O) groups is 1. The zero-order valence-corrected chi connectivity index (χ0v) is 10.8. The van der Waals surface area contributed by atoms with Crippen LogP contribution in [0.15, 0.2) is 0 Å². The van der Waals surface area contributed by atoms with Gasteiger partial charge in [0.05, 0.1) is 13.2 Å². The van der Waals surface area contributed by atoms with Gasteiger partial charge in [-0.25, -0.2) is 0 Å². The van der Waals surface area contributed by atoms with Crippen molar-refractivity contribution in [1.82, 2.24) is 5.32 Å². The fourth-order valence-electron chi connectivity index (χ4n) is 1.71. The molecule has 0 atom stereocenters. The van der Waals surface area contributed by atoms with Crippen LogP contribution in [-0.2, 0) is 19.0 Å². The second-order valence-corrected chi connectivity index (χ2v) is 4.75. The Kier molecular flexibility index (Phi) is 6.47. The van der Waals surface area contributed by atoms with Gasteiger partial charge in [0.25, 0.3) is 0 Å². The van der Waals surface area contributed by atoms with Gasteiger partial charge in [-0.15, -0.1) is 0 Å². The van der Waals surface area contributed by atoms with Gasteiger partial charge in [0.15, 0.2) is 0 Å². The first-order chi connectivity index (χ1) is 8.16. The fraction of sp³-hybridized carbons (Fsp3) is 0.917. The third-order valence-corrected chi connectivity index (χ3v) is 3.08. The average molecular weight is 245 g/mol. The highest BCUT2D eigenvalue weighted by Gasteiger charge is 2.27. The Morgan fingerprint density at radius 2 is 2.06 bits per heavy atom. The fourth-order valence-corrected chi connectivity index (χ4v) is 1.71. The smallest absolute Gasteiger partial charge is 0.246 e. The Balaban J connectivity index is 2.10. The van der Waals surface area contributed by atoms with E-state index < -0.39 is 0 Å². The van der Waals surface area contributed by atoms with Crippen LogP contribution in [0.1, 0.15) is 19.8 Å². The molecule has 5 heteroatoms. The van der Waals surface area contributed by atoms with Gasteiger partial charge in [-0.3, -0.25) is 4.79 Å². The minimum Gasteiger partial charge on any atom is -0.382 e. The first kappa shape index (κ1) is 14.4. The molecule has 1 rings (SSSR count). The van der Waals surface area contributed by atoms with Gasteiger partial charge in [0.2, 0.25) is 5.91 Å². The summed E-state index contributed by atoms with van der Waals surface area (Å²) in [5.74, 6) is -0.0613. The van der Waals surface area contributed by atoms with Gasteiger partial charge in [0, 0.05) is 26.9 Å². The van der Waals surface area contributed by atoms with E-state index in [1.165, 1.54) is 0 Å². The van der Waals surface area contributed by atoms with Crippen LogP contribution in [0.5, 0.6) is 0 Å². The van der Waals surface area contributed by atoms with Crippen molar-refractivity contribution in [2.45, 2.75) is 19.8 Å². The van der Waals surface area contributed by atoms with Crippen LogP contribution in [0, 0.1) is 5.41 Å². The number of carbonyl (C=O) groups excluding carboxylic acids is 1. The summed E-state index contributed by atoms with van der Waals surface area (Å²) >= 11 is 0. The number of nitrogens with one attached hydrogen (secondary N) is 1. The highest BCUT2D eigenvalue weighted by atomic mass is 16.5. The maximum absolute atomic E-state index is 11.5. The first-order valence-electron chi connectivity index (χ1n) is 6.07. The monoisotopic (exact) mass is 245 g/mol. The molecular formula is C12H23NO4. The van der Waals surface area contributed by atoms with E-state index in [1.54, 1.807) is 7.11 Å². The Labute approximate surface area is 103 Å². The summed E-state index contributed by atoms with van der Waals surface area (Å²) in [7, 11) is 1.61. The molecule has 5 nitrogen and oxygen atoms in total. The Morgan fingerprint density at radius 3 is 2.71 bits per heavy atom. The van der Waals surface area contributed by atoms with Crippen molar-refractivity contribution in [3.05, 3.63) is 0 Å². The zero-order valence-electron chi connectivity index (χ0n) is 10.8. The van der Waals surface area contributed by atoms with E-state index in [1.807, 2.05) is 0 Å². The molecule has 1 fully saturated rings. The molecule has 0 aromatic carbocycles. The number of hydrogen-bond donors (Lipinski definition) is 1. The lowest BCUT2D eigenvalue weighted by Crippen LogP contribution is -2.40. The molecule has 0 aromatic heterocycles. The largest absolute Gasteiger partial charge is 0.382 e.